The van der Waals surface area contributed by atoms with Crippen LogP contribution in [0.2, 0.25) is 0 Å². The molecule has 0 radical (unpaired) electrons. The Kier molecular flexibility index (Phi) is 4.95. The molecular formula is C17H29N. The van der Waals surface area contributed by atoms with Crippen molar-refractivity contribution in [1.82, 2.24) is 4.98 Å². The molecule has 1 heteroatoms. The summed E-state index contributed by atoms with van der Waals surface area (Å²) in [5.41, 5.74) is 5.52. The summed E-state index contributed by atoms with van der Waals surface area (Å²) in [6.45, 7) is 18.1. The number of hydrogen-bond donors (Lipinski definition) is 0. The first kappa shape index (κ1) is 15.2. The highest BCUT2D eigenvalue weighted by atomic mass is 14.7. The van der Waals surface area contributed by atoms with E-state index >= 15 is 0 Å². The lowest BCUT2D eigenvalue weighted by atomic mass is 9.85. The summed E-state index contributed by atoms with van der Waals surface area (Å²) in [4.78, 5) is 4.94. The minimum Gasteiger partial charge on any atom is -0.257 e. The van der Waals surface area contributed by atoms with Gasteiger partial charge in [0.2, 0.25) is 0 Å². The summed E-state index contributed by atoms with van der Waals surface area (Å²) in [5, 5.41) is 0. The molecule has 0 fully saturated rings. The van der Waals surface area contributed by atoms with Gasteiger partial charge in [-0.1, -0.05) is 55.4 Å². The van der Waals surface area contributed by atoms with Gasteiger partial charge >= 0.3 is 0 Å². The van der Waals surface area contributed by atoms with Crippen molar-refractivity contribution in [1.29, 1.82) is 0 Å². The summed E-state index contributed by atoms with van der Waals surface area (Å²) >= 11 is 0. The number of nitrogens with zero attached hydrogens (tertiary/aromatic N) is 1. The summed E-state index contributed by atoms with van der Waals surface area (Å²) in [6, 6.07) is 2.33. The third-order valence-corrected chi connectivity index (χ3v) is 3.48. The molecule has 0 aromatic carbocycles. The lowest BCUT2D eigenvalue weighted by Gasteiger charge is -2.24. The van der Waals surface area contributed by atoms with E-state index in [0.717, 1.165) is 0 Å². The predicted molar refractivity (Wildman–Crippen MR) is 80.6 cm³/mol. The van der Waals surface area contributed by atoms with Crippen molar-refractivity contribution < 1.29 is 0 Å². The standard InChI is InChI=1S/C17H29N/c1-10(2)14-9-15(11(3)4)18-17(13(7)8)16(14)12(5)6/h9-13H,1-8H3. The maximum absolute atomic E-state index is 4.94. The van der Waals surface area contributed by atoms with Gasteiger partial charge in [-0.05, 0) is 40.9 Å². The molecule has 0 aliphatic rings. The van der Waals surface area contributed by atoms with Crippen LogP contribution in [0.5, 0.6) is 0 Å². The summed E-state index contributed by atoms with van der Waals surface area (Å²) in [7, 11) is 0. The fraction of sp³-hybridized carbons (Fsp3) is 0.706. The van der Waals surface area contributed by atoms with Crippen LogP contribution in [0, 0.1) is 0 Å². The van der Waals surface area contributed by atoms with Gasteiger partial charge in [0.15, 0.2) is 0 Å². The molecule has 1 rings (SSSR count). The van der Waals surface area contributed by atoms with Crippen molar-refractivity contribution in [3.63, 3.8) is 0 Å². The van der Waals surface area contributed by atoms with Gasteiger partial charge in [0.25, 0.3) is 0 Å². The summed E-state index contributed by atoms with van der Waals surface area (Å²) < 4.78 is 0. The Morgan fingerprint density at radius 3 is 1.61 bits per heavy atom. The van der Waals surface area contributed by atoms with Gasteiger partial charge in [-0.3, -0.25) is 4.98 Å². The van der Waals surface area contributed by atoms with E-state index in [9.17, 15) is 0 Å². The molecule has 1 heterocycles. The molecule has 0 unspecified atom stereocenters. The Balaban J connectivity index is 3.55. The van der Waals surface area contributed by atoms with Crippen molar-refractivity contribution in [3.8, 4) is 0 Å². The molecule has 18 heavy (non-hydrogen) atoms. The fourth-order valence-electron chi connectivity index (χ4n) is 2.46. The first-order valence-corrected chi connectivity index (χ1v) is 7.30. The maximum atomic E-state index is 4.94. The van der Waals surface area contributed by atoms with Crippen LogP contribution in [0.15, 0.2) is 6.07 Å². The SMILES string of the molecule is CC(C)c1cc(C(C)C)c(C(C)C)c(C(C)C)n1. The van der Waals surface area contributed by atoms with Crippen LogP contribution in [0.3, 0.4) is 0 Å². The zero-order valence-electron chi connectivity index (χ0n) is 13.3. The summed E-state index contributed by atoms with van der Waals surface area (Å²) in [5.74, 6) is 2.12. The molecule has 0 aliphatic carbocycles. The number of pyridine rings is 1. The Morgan fingerprint density at radius 2 is 1.28 bits per heavy atom. The zero-order chi connectivity index (χ0) is 14.0. The number of aromatic nitrogens is 1. The van der Waals surface area contributed by atoms with Gasteiger partial charge in [-0.15, -0.1) is 0 Å². The molecular weight excluding hydrogens is 218 g/mol. The van der Waals surface area contributed by atoms with Crippen LogP contribution in [-0.2, 0) is 0 Å². The lowest BCUT2D eigenvalue weighted by molar-refractivity contribution is 0.697. The molecule has 0 spiro atoms. The van der Waals surface area contributed by atoms with Crippen LogP contribution in [0.1, 0.15) is 102 Å². The highest BCUT2D eigenvalue weighted by Crippen LogP contribution is 2.34. The number of hydrogen-bond acceptors (Lipinski definition) is 1. The monoisotopic (exact) mass is 247 g/mol. The van der Waals surface area contributed by atoms with Gasteiger partial charge in [-0.2, -0.15) is 0 Å². The molecule has 0 atom stereocenters. The Labute approximate surface area is 113 Å². The molecule has 0 N–H and O–H groups in total. The van der Waals surface area contributed by atoms with Crippen LogP contribution < -0.4 is 0 Å². The van der Waals surface area contributed by atoms with E-state index in [0.29, 0.717) is 23.7 Å². The third-order valence-electron chi connectivity index (χ3n) is 3.48. The van der Waals surface area contributed by atoms with E-state index in [4.69, 9.17) is 4.98 Å². The van der Waals surface area contributed by atoms with E-state index in [1.165, 1.54) is 22.5 Å². The average Bonchev–Trinajstić information content (AvgIpc) is 2.26. The lowest BCUT2D eigenvalue weighted by Crippen LogP contribution is -2.11. The average molecular weight is 247 g/mol. The van der Waals surface area contributed by atoms with Crippen LogP contribution in [0.4, 0.5) is 0 Å². The maximum Gasteiger partial charge on any atom is 0.0469 e. The van der Waals surface area contributed by atoms with Crippen LogP contribution in [-0.4, -0.2) is 4.98 Å². The number of rotatable bonds is 4. The normalized spacial score (nSPS) is 12.2. The van der Waals surface area contributed by atoms with Crippen molar-refractivity contribution in [3.05, 3.63) is 28.6 Å². The van der Waals surface area contributed by atoms with Gasteiger partial charge in [-0.25, -0.2) is 0 Å². The van der Waals surface area contributed by atoms with E-state index < -0.39 is 0 Å². The molecule has 0 saturated heterocycles. The molecule has 1 nitrogen and oxygen atoms in total. The van der Waals surface area contributed by atoms with Crippen molar-refractivity contribution in [2.24, 2.45) is 0 Å². The van der Waals surface area contributed by atoms with Crippen molar-refractivity contribution in [2.45, 2.75) is 79.1 Å². The Bertz CT molecular complexity index is 371. The topological polar surface area (TPSA) is 12.9 Å². The van der Waals surface area contributed by atoms with Crippen LogP contribution >= 0.6 is 0 Å². The largest absolute Gasteiger partial charge is 0.257 e. The molecule has 0 bridgehead atoms. The molecule has 102 valence electrons. The van der Waals surface area contributed by atoms with E-state index in [1.54, 1.807) is 0 Å². The van der Waals surface area contributed by atoms with E-state index in [-0.39, 0.29) is 0 Å². The van der Waals surface area contributed by atoms with Crippen LogP contribution in [0.25, 0.3) is 0 Å². The Morgan fingerprint density at radius 1 is 0.722 bits per heavy atom. The quantitative estimate of drug-likeness (QED) is 0.677. The van der Waals surface area contributed by atoms with Gasteiger partial charge in [0.1, 0.15) is 0 Å². The van der Waals surface area contributed by atoms with Gasteiger partial charge in [0, 0.05) is 11.4 Å². The smallest absolute Gasteiger partial charge is 0.0469 e. The fourth-order valence-corrected chi connectivity index (χ4v) is 2.46. The Hall–Kier alpha value is -0.850. The van der Waals surface area contributed by atoms with Gasteiger partial charge in [0.05, 0.1) is 0 Å². The molecule has 1 aromatic rings. The second kappa shape index (κ2) is 5.86. The zero-order valence-corrected chi connectivity index (χ0v) is 13.3. The van der Waals surface area contributed by atoms with E-state index in [2.05, 4.69) is 61.5 Å². The molecule has 0 aliphatic heterocycles. The molecule has 0 amide bonds. The first-order chi connectivity index (χ1) is 8.25. The predicted octanol–water partition coefficient (Wildman–Crippen LogP) is 5.58. The minimum absolute atomic E-state index is 0.499. The third kappa shape index (κ3) is 3.13. The first-order valence-electron chi connectivity index (χ1n) is 7.30. The van der Waals surface area contributed by atoms with Crippen molar-refractivity contribution >= 4 is 0 Å². The summed E-state index contributed by atoms with van der Waals surface area (Å²) in [6.07, 6.45) is 0. The van der Waals surface area contributed by atoms with Crippen molar-refractivity contribution in [2.75, 3.05) is 0 Å². The van der Waals surface area contributed by atoms with Gasteiger partial charge < -0.3 is 0 Å². The molecule has 0 saturated carbocycles. The minimum atomic E-state index is 0.499. The highest BCUT2D eigenvalue weighted by Gasteiger charge is 2.20. The highest BCUT2D eigenvalue weighted by molar-refractivity contribution is 5.39. The second-order valence-electron chi connectivity index (χ2n) is 6.55. The van der Waals surface area contributed by atoms with E-state index in [1.807, 2.05) is 0 Å². The molecule has 1 aromatic heterocycles. The second-order valence-corrected chi connectivity index (χ2v) is 6.55.